The van der Waals surface area contributed by atoms with E-state index in [0.717, 1.165) is 15.3 Å². The van der Waals surface area contributed by atoms with Crippen LogP contribution in [-0.2, 0) is 4.79 Å². The molecule has 0 fully saturated rings. The Morgan fingerprint density at radius 3 is 2.73 bits per heavy atom. The second kappa shape index (κ2) is 8.44. The predicted molar refractivity (Wildman–Crippen MR) is 106 cm³/mol. The number of hydrogen-bond donors (Lipinski definition) is 3. The summed E-state index contributed by atoms with van der Waals surface area (Å²) in [6.45, 7) is 2.84. The molecule has 7 heteroatoms. The number of thiazole rings is 1. The highest BCUT2D eigenvalue weighted by atomic mass is 32.1. The number of nitrogens with zero attached hydrogens (tertiary/aromatic N) is 1. The smallest absolute Gasteiger partial charge is 0.251 e. The Morgan fingerprint density at radius 2 is 1.92 bits per heavy atom. The van der Waals surface area contributed by atoms with Gasteiger partial charge in [0.2, 0.25) is 5.91 Å². The lowest BCUT2D eigenvalue weighted by molar-refractivity contribution is -0.115. The van der Waals surface area contributed by atoms with Crippen LogP contribution in [0.3, 0.4) is 0 Å². The van der Waals surface area contributed by atoms with Crippen LogP contribution >= 0.6 is 11.3 Å². The molecule has 3 N–H and O–H groups in total. The molecule has 26 heavy (non-hydrogen) atoms. The fourth-order valence-electron chi connectivity index (χ4n) is 2.38. The number of benzene rings is 2. The van der Waals surface area contributed by atoms with Gasteiger partial charge in [0, 0.05) is 30.8 Å². The molecule has 6 nitrogen and oxygen atoms in total. The maximum absolute atomic E-state index is 12.2. The van der Waals surface area contributed by atoms with Crippen molar-refractivity contribution in [2.45, 2.75) is 13.3 Å². The molecule has 0 bridgehead atoms. The Morgan fingerprint density at radius 1 is 1.08 bits per heavy atom. The fourth-order valence-corrected chi connectivity index (χ4v) is 3.27. The third kappa shape index (κ3) is 4.58. The lowest BCUT2D eigenvalue weighted by Crippen LogP contribution is -2.28. The van der Waals surface area contributed by atoms with E-state index >= 15 is 0 Å². The van der Waals surface area contributed by atoms with Gasteiger partial charge in [-0.2, -0.15) is 0 Å². The third-order valence-electron chi connectivity index (χ3n) is 3.71. The van der Waals surface area contributed by atoms with E-state index in [-0.39, 0.29) is 11.8 Å². The monoisotopic (exact) mass is 368 g/mol. The van der Waals surface area contributed by atoms with Crippen molar-refractivity contribution < 1.29 is 9.59 Å². The molecule has 3 rings (SSSR count). The minimum Gasteiger partial charge on any atom is -0.360 e. The standard InChI is InChI=1S/C19H20N4O2S/c1-2-17(24)22-14-7-5-6-13(12-14)18(25)20-10-11-21-19-23-15-8-3-4-9-16(15)26-19/h3-9,12H,2,10-11H2,1H3,(H,20,25)(H,21,23)(H,22,24). The summed E-state index contributed by atoms with van der Waals surface area (Å²) in [6.07, 6.45) is 0.397. The van der Waals surface area contributed by atoms with Gasteiger partial charge in [-0.05, 0) is 30.3 Å². The van der Waals surface area contributed by atoms with Gasteiger partial charge >= 0.3 is 0 Å². The molecular weight excluding hydrogens is 348 g/mol. The van der Waals surface area contributed by atoms with Gasteiger partial charge in [0.15, 0.2) is 5.13 Å². The molecule has 0 spiro atoms. The maximum Gasteiger partial charge on any atom is 0.251 e. The zero-order valence-electron chi connectivity index (χ0n) is 14.4. The molecule has 0 aliphatic heterocycles. The highest BCUT2D eigenvalue weighted by molar-refractivity contribution is 7.22. The normalized spacial score (nSPS) is 10.5. The molecule has 134 valence electrons. The van der Waals surface area contributed by atoms with Gasteiger partial charge in [0.25, 0.3) is 5.91 Å². The van der Waals surface area contributed by atoms with Crippen LogP contribution < -0.4 is 16.0 Å². The summed E-state index contributed by atoms with van der Waals surface area (Å²) >= 11 is 1.59. The molecule has 2 aromatic carbocycles. The molecule has 1 heterocycles. The SMILES string of the molecule is CCC(=O)Nc1cccc(C(=O)NCCNc2nc3ccccc3s2)c1. The largest absolute Gasteiger partial charge is 0.360 e. The molecule has 0 saturated carbocycles. The lowest BCUT2D eigenvalue weighted by atomic mass is 10.2. The van der Waals surface area contributed by atoms with Crippen molar-refractivity contribution in [3.8, 4) is 0 Å². The van der Waals surface area contributed by atoms with Gasteiger partial charge in [0.05, 0.1) is 10.2 Å². The Kier molecular flexibility index (Phi) is 5.80. The first-order valence-electron chi connectivity index (χ1n) is 8.43. The average molecular weight is 368 g/mol. The zero-order chi connectivity index (χ0) is 18.4. The summed E-state index contributed by atoms with van der Waals surface area (Å²) in [5.41, 5.74) is 2.10. The lowest BCUT2D eigenvalue weighted by Gasteiger charge is -2.08. The van der Waals surface area contributed by atoms with Crippen LogP contribution in [0.4, 0.5) is 10.8 Å². The van der Waals surface area contributed by atoms with Gasteiger partial charge in [-0.3, -0.25) is 9.59 Å². The second-order valence-corrected chi connectivity index (χ2v) is 6.68. The van der Waals surface area contributed by atoms with E-state index < -0.39 is 0 Å². The number of carbonyl (C=O) groups excluding carboxylic acids is 2. The van der Waals surface area contributed by atoms with Crippen LogP contribution in [0.1, 0.15) is 23.7 Å². The van der Waals surface area contributed by atoms with E-state index in [1.165, 1.54) is 0 Å². The van der Waals surface area contributed by atoms with E-state index in [2.05, 4.69) is 20.9 Å². The predicted octanol–water partition coefficient (Wildman–Crippen LogP) is 3.49. The molecule has 3 aromatic rings. The summed E-state index contributed by atoms with van der Waals surface area (Å²) in [5.74, 6) is -0.258. The summed E-state index contributed by atoms with van der Waals surface area (Å²) in [7, 11) is 0. The van der Waals surface area contributed by atoms with E-state index in [1.54, 1.807) is 42.5 Å². The van der Waals surface area contributed by atoms with Gasteiger partial charge in [-0.15, -0.1) is 0 Å². The molecule has 0 saturated heterocycles. The van der Waals surface area contributed by atoms with Crippen molar-refractivity contribution in [1.29, 1.82) is 0 Å². The molecule has 0 radical (unpaired) electrons. The van der Waals surface area contributed by atoms with Crippen LogP contribution in [-0.4, -0.2) is 29.9 Å². The molecule has 0 atom stereocenters. The number of carbonyl (C=O) groups is 2. The maximum atomic E-state index is 12.2. The molecule has 2 amide bonds. The van der Waals surface area contributed by atoms with Crippen LogP contribution in [0.15, 0.2) is 48.5 Å². The van der Waals surface area contributed by atoms with E-state index in [9.17, 15) is 9.59 Å². The topological polar surface area (TPSA) is 83.1 Å². The van der Waals surface area contributed by atoms with Gasteiger partial charge in [-0.1, -0.05) is 36.5 Å². The first kappa shape index (κ1) is 17.9. The summed E-state index contributed by atoms with van der Waals surface area (Å²) < 4.78 is 1.13. The number of anilines is 2. The van der Waals surface area contributed by atoms with Crippen molar-refractivity contribution in [2.24, 2.45) is 0 Å². The number of rotatable bonds is 7. The quantitative estimate of drug-likeness (QED) is 0.558. The van der Waals surface area contributed by atoms with Crippen LogP contribution in [0.25, 0.3) is 10.2 Å². The van der Waals surface area contributed by atoms with Crippen molar-refractivity contribution in [1.82, 2.24) is 10.3 Å². The number of fused-ring (bicyclic) bond motifs is 1. The van der Waals surface area contributed by atoms with Gasteiger partial charge in [0.1, 0.15) is 0 Å². The minimum atomic E-state index is -0.177. The van der Waals surface area contributed by atoms with Crippen LogP contribution in [0.5, 0.6) is 0 Å². The number of para-hydroxylation sites is 1. The average Bonchev–Trinajstić information content (AvgIpc) is 3.08. The van der Waals surface area contributed by atoms with Crippen molar-refractivity contribution in [3.63, 3.8) is 0 Å². The van der Waals surface area contributed by atoms with Crippen LogP contribution in [0, 0.1) is 0 Å². The van der Waals surface area contributed by atoms with E-state index in [0.29, 0.717) is 30.8 Å². The van der Waals surface area contributed by atoms with Crippen molar-refractivity contribution in [2.75, 3.05) is 23.7 Å². The number of nitrogens with one attached hydrogen (secondary N) is 3. The summed E-state index contributed by atoms with van der Waals surface area (Å²) in [6, 6.07) is 14.9. The Hall–Kier alpha value is -2.93. The van der Waals surface area contributed by atoms with Gasteiger partial charge in [-0.25, -0.2) is 4.98 Å². The van der Waals surface area contributed by atoms with Crippen molar-refractivity contribution >= 4 is 44.2 Å². The Balaban J connectivity index is 1.49. The number of hydrogen-bond acceptors (Lipinski definition) is 5. The minimum absolute atomic E-state index is 0.0809. The first-order valence-corrected chi connectivity index (χ1v) is 9.25. The number of aromatic nitrogens is 1. The highest BCUT2D eigenvalue weighted by Crippen LogP contribution is 2.24. The fraction of sp³-hybridized carbons (Fsp3) is 0.211. The van der Waals surface area contributed by atoms with Gasteiger partial charge < -0.3 is 16.0 Å². The van der Waals surface area contributed by atoms with Crippen molar-refractivity contribution in [3.05, 3.63) is 54.1 Å². The van der Waals surface area contributed by atoms with E-state index in [1.807, 2.05) is 24.3 Å². The summed E-state index contributed by atoms with van der Waals surface area (Å²) in [4.78, 5) is 28.2. The molecule has 0 aliphatic carbocycles. The molecule has 1 aromatic heterocycles. The Bertz CT molecular complexity index is 890. The Labute approximate surface area is 155 Å². The summed E-state index contributed by atoms with van der Waals surface area (Å²) in [5, 5.41) is 9.67. The highest BCUT2D eigenvalue weighted by Gasteiger charge is 2.07. The van der Waals surface area contributed by atoms with E-state index in [4.69, 9.17) is 0 Å². The zero-order valence-corrected chi connectivity index (χ0v) is 15.2. The van der Waals surface area contributed by atoms with Crippen LogP contribution in [0.2, 0.25) is 0 Å². The first-order chi connectivity index (χ1) is 12.7. The molecule has 0 aliphatic rings. The third-order valence-corrected chi connectivity index (χ3v) is 4.70. The molecule has 0 unspecified atom stereocenters. The molecular formula is C19H20N4O2S. The number of amides is 2. The second-order valence-electron chi connectivity index (χ2n) is 5.65.